The fraction of sp³-hybridized carbons (Fsp3) is 0.200. The smallest absolute Gasteiger partial charge is 0.255 e. The van der Waals surface area contributed by atoms with Crippen LogP contribution in [0.25, 0.3) is 0 Å². The fourth-order valence-electron chi connectivity index (χ4n) is 1.89. The third-order valence-corrected chi connectivity index (χ3v) is 2.97. The van der Waals surface area contributed by atoms with E-state index in [4.69, 9.17) is 10.5 Å². The van der Waals surface area contributed by atoms with Crippen molar-refractivity contribution in [3.05, 3.63) is 47.3 Å². The number of nitrogens with two attached hydrogens (primary N) is 1. The number of amides is 1. The molecule has 1 aromatic heterocycles. The van der Waals surface area contributed by atoms with Crippen LogP contribution in [0.15, 0.2) is 30.3 Å². The van der Waals surface area contributed by atoms with Crippen molar-refractivity contribution in [1.82, 2.24) is 4.98 Å². The average Bonchev–Trinajstić information content (AvgIpc) is 2.41. The van der Waals surface area contributed by atoms with E-state index in [9.17, 15) is 4.79 Å². The second kappa shape index (κ2) is 5.61. The highest BCUT2D eigenvalue weighted by atomic mass is 16.5. The Morgan fingerprint density at radius 1 is 1.25 bits per heavy atom. The lowest BCUT2D eigenvalue weighted by molar-refractivity contribution is 0.102. The predicted octanol–water partition coefficient (Wildman–Crippen LogP) is 2.54. The molecule has 0 unspecified atom stereocenters. The molecule has 5 heteroatoms. The molecule has 0 saturated heterocycles. The van der Waals surface area contributed by atoms with E-state index in [0.717, 1.165) is 11.4 Å². The van der Waals surface area contributed by atoms with E-state index < -0.39 is 0 Å². The Morgan fingerprint density at radius 2 is 2.00 bits per heavy atom. The summed E-state index contributed by atoms with van der Waals surface area (Å²) in [7, 11) is 1.53. The van der Waals surface area contributed by atoms with Gasteiger partial charge >= 0.3 is 0 Å². The minimum Gasteiger partial charge on any atom is -0.495 e. The van der Waals surface area contributed by atoms with Crippen LogP contribution in [0.2, 0.25) is 0 Å². The number of carbonyl (C=O) groups is 1. The first-order valence-electron chi connectivity index (χ1n) is 6.20. The summed E-state index contributed by atoms with van der Waals surface area (Å²) >= 11 is 0. The van der Waals surface area contributed by atoms with Crippen LogP contribution in [0.1, 0.15) is 21.7 Å². The molecule has 1 aromatic carbocycles. The van der Waals surface area contributed by atoms with Crippen molar-refractivity contribution in [3.63, 3.8) is 0 Å². The Morgan fingerprint density at radius 3 is 2.60 bits per heavy atom. The quantitative estimate of drug-likeness (QED) is 0.841. The van der Waals surface area contributed by atoms with Crippen molar-refractivity contribution in [3.8, 4) is 5.75 Å². The summed E-state index contributed by atoms with van der Waals surface area (Å²) in [6.45, 7) is 3.76. The number of benzene rings is 1. The monoisotopic (exact) mass is 271 g/mol. The maximum absolute atomic E-state index is 12.2. The normalized spacial score (nSPS) is 10.2. The van der Waals surface area contributed by atoms with E-state index in [1.54, 1.807) is 18.2 Å². The number of nitrogens with one attached hydrogen (secondary N) is 1. The molecule has 1 heterocycles. The molecule has 0 radical (unpaired) electrons. The van der Waals surface area contributed by atoms with Gasteiger partial charge in [0.25, 0.3) is 5.91 Å². The number of anilines is 2. The highest BCUT2D eigenvalue weighted by Crippen LogP contribution is 2.22. The van der Waals surface area contributed by atoms with Gasteiger partial charge in [-0.2, -0.15) is 0 Å². The summed E-state index contributed by atoms with van der Waals surface area (Å²) in [5.41, 5.74) is 9.08. The number of hydrogen-bond donors (Lipinski definition) is 2. The molecule has 0 bridgehead atoms. The molecule has 0 aliphatic heterocycles. The van der Waals surface area contributed by atoms with Crippen LogP contribution < -0.4 is 15.8 Å². The van der Waals surface area contributed by atoms with Crippen molar-refractivity contribution in [2.75, 3.05) is 18.2 Å². The van der Waals surface area contributed by atoms with Gasteiger partial charge in [0.15, 0.2) is 0 Å². The van der Waals surface area contributed by atoms with E-state index in [1.807, 2.05) is 26.0 Å². The van der Waals surface area contributed by atoms with Gasteiger partial charge in [0.2, 0.25) is 0 Å². The third kappa shape index (κ3) is 2.88. The van der Waals surface area contributed by atoms with Crippen molar-refractivity contribution in [1.29, 1.82) is 0 Å². The highest BCUT2D eigenvalue weighted by molar-refractivity contribution is 6.05. The minimum atomic E-state index is -0.229. The van der Waals surface area contributed by atoms with Gasteiger partial charge in [0.05, 0.1) is 24.2 Å². The molecule has 3 N–H and O–H groups in total. The number of carbonyl (C=O) groups excluding carboxylic acids is 1. The Labute approximate surface area is 117 Å². The Balaban J connectivity index is 2.21. The number of nitrogen functional groups attached to an aromatic ring is 1. The number of aryl methyl sites for hydroxylation is 2. The molecule has 0 fully saturated rings. The van der Waals surface area contributed by atoms with E-state index in [0.29, 0.717) is 22.7 Å². The van der Waals surface area contributed by atoms with Gasteiger partial charge in [0.1, 0.15) is 5.75 Å². The molecule has 104 valence electrons. The zero-order valence-corrected chi connectivity index (χ0v) is 11.7. The molecular weight excluding hydrogens is 254 g/mol. The van der Waals surface area contributed by atoms with Gasteiger partial charge in [-0.1, -0.05) is 0 Å². The maximum atomic E-state index is 12.2. The van der Waals surface area contributed by atoms with Gasteiger partial charge in [-0.3, -0.25) is 9.78 Å². The summed E-state index contributed by atoms with van der Waals surface area (Å²) in [6, 6.07) is 8.62. The fourth-order valence-corrected chi connectivity index (χ4v) is 1.89. The van der Waals surface area contributed by atoms with Crippen LogP contribution in [0.4, 0.5) is 11.4 Å². The first-order chi connectivity index (χ1) is 9.51. The summed E-state index contributed by atoms with van der Waals surface area (Å²) in [4.78, 5) is 16.5. The third-order valence-electron chi connectivity index (χ3n) is 2.97. The van der Waals surface area contributed by atoms with Crippen LogP contribution in [-0.4, -0.2) is 18.0 Å². The van der Waals surface area contributed by atoms with Gasteiger partial charge < -0.3 is 15.8 Å². The van der Waals surface area contributed by atoms with Crippen molar-refractivity contribution >= 4 is 17.3 Å². The van der Waals surface area contributed by atoms with Crippen LogP contribution in [0.3, 0.4) is 0 Å². The summed E-state index contributed by atoms with van der Waals surface area (Å²) in [6.07, 6.45) is 0. The summed E-state index contributed by atoms with van der Waals surface area (Å²) in [5.74, 6) is 0.322. The number of rotatable bonds is 3. The Hall–Kier alpha value is -2.56. The number of ether oxygens (including phenoxy) is 1. The largest absolute Gasteiger partial charge is 0.495 e. The lowest BCUT2D eigenvalue weighted by Crippen LogP contribution is -2.13. The summed E-state index contributed by atoms with van der Waals surface area (Å²) in [5, 5.41) is 2.82. The average molecular weight is 271 g/mol. The van der Waals surface area contributed by atoms with E-state index in [1.165, 1.54) is 7.11 Å². The molecule has 5 nitrogen and oxygen atoms in total. The molecule has 2 rings (SSSR count). The van der Waals surface area contributed by atoms with Crippen LogP contribution in [-0.2, 0) is 0 Å². The molecule has 0 spiro atoms. The van der Waals surface area contributed by atoms with Crippen LogP contribution in [0.5, 0.6) is 5.75 Å². The number of nitrogens with zero attached hydrogens (tertiary/aromatic N) is 1. The lowest BCUT2D eigenvalue weighted by atomic mass is 10.1. The first kappa shape index (κ1) is 13.9. The highest BCUT2D eigenvalue weighted by Gasteiger charge is 2.10. The number of aromatic nitrogens is 1. The van der Waals surface area contributed by atoms with Crippen LogP contribution in [0, 0.1) is 13.8 Å². The predicted molar refractivity (Wildman–Crippen MR) is 79.1 cm³/mol. The first-order valence-corrected chi connectivity index (χ1v) is 6.20. The van der Waals surface area contributed by atoms with Crippen molar-refractivity contribution in [2.24, 2.45) is 0 Å². The lowest BCUT2D eigenvalue weighted by Gasteiger charge is -2.10. The van der Waals surface area contributed by atoms with E-state index in [2.05, 4.69) is 10.3 Å². The second-order valence-electron chi connectivity index (χ2n) is 4.50. The zero-order chi connectivity index (χ0) is 14.7. The Kier molecular flexibility index (Phi) is 3.89. The molecule has 0 saturated carbocycles. The van der Waals surface area contributed by atoms with E-state index >= 15 is 0 Å². The van der Waals surface area contributed by atoms with Gasteiger partial charge in [0, 0.05) is 11.3 Å². The molecule has 0 aliphatic rings. The maximum Gasteiger partial charge on any atom is 0.255 e. The van der Waals surface area contributed by atoms with Crippen molar-refractivity contribution in [2.45, 2.75) is 13.8 Å². The van der Waals surface area contributed by atoms with Gasteiger partial charge in [-0.05, 0) is 44.2 Å². The molecule has 0 atom stereocenters. The number of pyridine rings is 1. The number of methoxy groups -OCH3 is 1. The topological polar surface area (TPSA) is 77.2 Å². The molecular formula is C15H17N3O2. The van der Waals surface area contributed by atoms with Gasteiger partial charge in [-0.25, -0.2) is 0 Å². The standard InChI is InChI=1S/C15H17N3O2/c1-9-4-6-13(10(2)17-9)18-15(19)11-5-7-14(20-3)12(16)8-11/h4-8H,16H2,1-3H3,(H,18,19). The minimum absolute atomic E-state index is 0.229. The molecule has 20 heavy (non-hydrogen) atoms. The zero-order valence-electron chi connectivity index (χ0n) is 11.7. The molecule has 2 aromatic rings. The van der Waals surface area contributed by atoms with Crippen LogP contribution >= 0.6 is 0 Å². The van der Waals surface area contributed by atoms with E-state index in [-0.39, 0.29) is 5.91 Å². The van der Waals surface area contributed by atoms with Gasteiger partial charge in [-0.15, -0.1) is 0 Å². The Bertz CT molecular complexity index is 654. The SMILES string of the molecule is COc1ccc(C(=O)Nc2ccc(C)nc2C)cc1N. The molecule has 0 aliphatic carbocycles. The van der Waals surface area contributed by atoms with Crippen molar-refractivity contribution < 1.29 is 9.53 Å². The second-order valence-corrected chi connectivity index (χ2v) is 4.50. The summed E-state index contributed by atoms with van der Waals surface area (Å²) < 4.78 is 5.06. The number of hydrogen-bond acceptors (Lipinski definition) is 4. The molecule has 1 amide bonds.